The van der Waals surface area contributed by atoms with Gasteiger partial charge >= 0.3 is 0 Å². The second kappa shape index (κ2) is 7.79. The lowest BCUT2D eigenvalue weighted by molar-refractivity contribution is -0.0398. The van der Waals surface area contributed by atoms with Crippen LogP contribution in [0, 0.1) is 5.92 Å². The lowest BCUT2D eigenvalue weighted by Gasteiger charge is -2.46. The third-order valence-electron chi connectivity index (χ3n) is 6.22. The fourth-order valence-electron chi connectivity index (χ4n) is 5.09. The summed E-state index contributed by atoms with van der Waals surface area (Å²) in [7, 11) is 0. The van der Waals surface area contributed by atoms with Gasteiger partial charge in [0.2, 0.25) is 5.95 Å². The number of piperidine rings is 1. The molecule has 6 nitrogen and oxygen atoms in total. The zero-order valence-corrected chi connectivity index (χ0v) is 16.0. The Balaban J connectivity index is 1.47. The van der Waals surface area contributed by atoms with E-state index in [-0.39, 0.29) is 18.3 Å². The molecule has 3 fully saturated rings. The van der Waals surface area contributed by atoms with Crippen LogP contribution in [0.4, 0.5) is 5.95 Å². The van der Waals surface area contributed by atoms with E-state index in [2.05, 4.69) is 28.6 Å². The number of nitrogens with zero attached hydrogens (tertiary/aromatic N) is 4. The van der Waals surface area contributed by atoms with Gasteiger partial charge in [0.25, 0.3) is 0 Å². The van der Waals surface area contributed by atoms with Gasteiger partial charge in [-0.3, -0.25) is 4.90 Å². The fraction of sp³-hybridized carbons (Fsp3) is 0.800. The van der Waals surface area contributed by atoms with Crippen molar-refractivity contribution in [2.24, 2.45) is 5.92 Å². The number of aliphatic hydroxyl groups is 1. The maximum Gasteiger partial charge on any atom is 0.225 e. The molecule has 0 aromatic carbocycles. The number of anilines is 1. The summed E-state index contributed by atoms with van der Waals surface area (Å²) in [6.07, 6.45) is 7.99. The first-order valence-corrected chi connectivity index (χ1v) is 10.2. The highest BCUT2D eigenvalue weighted by Gasteiger charge is 2.38. The number of fused-ring (bicyclic) bond motifs is 1. The molecule has 0 spiro atoms. The van der Waals surface area contributed by atoms with Crippen LogP contribution in [0.2, 0.25) is 0 Å². The zero-order valence-electron chi connectivity index (χ0n) is 16.0. The summed E-state index contributed by atoms with van der Waals surface area (Å²) in [4.78, 5) is 14.2. The van der Waals surface area contributed by atoms with E-state index in [0.717, 1.165) is 44.2 Å². The zero-order chi connectivity index (χ0) is 18.1. The van der Waals surface area contributed by atoms with Crippen LogP contribution in [-0.4, -0.2) is 64.0 Å². The first-order valence-electron chi connectivity index (χ1n) is 10.2. The summed E-state index contributed by atoms with van der Waals surface area (Å²) < 4.78 is 5.83. The van der Waals surface area contributed by atoms with Crippen molar-refractivity contribution in [3.8, 4) is 0 Å². The van der Waals surface area contributed by atoms with E-state index in [1.54, 1.807) is 0 Å². The summed E-state index contributed by atoms with van der Waals surface area (Å²) in [6.45, 7) is 7.72. The normalized spacial score (nSPS) is 36.0. The first-order chi connectivity index (χ1) is 12.6. The van der Waals surface area contributed by atoms with Crippen molar-refractivity contribution in [2.45, 2.75) is 76.9 Å². The van der Waals surface area contributed by atoms with Crippen LogP contribution < -0.4 is 4.90 Å². The molecule has 4 rings (SSSR count). The van der Waals surface area contributed by atoms with Gasteiger partial charge in [-0.15, -0.1) is 0 Å². The van der Waals surface area contributed by atoms with Crippen LogP contribution in [-0.2, 0) is 11.3 Å². The molecule has 1 aromatic heterocycles. The first kappa shape index (κ1) is 18.1. The topological polar surface area (TPSA) is 61.7 Å². The monoisotopic (exact) mass is 360 g/mol. The molecular formula is C20H32N4O2. The maximum absolute atomic E-state index is 10.4. The van der Waals surface area contributed by atoms with Gasteiger partial charge in [-0.05, 0) is 39.2 Å². The molecule has 3 aliphatic rings. The van der Waals surface area contributed by atoms with Crippen LogP contribution >= 0.6 is 0 Å². The van der Waals surface area contributed by atoms with E-state index >= 15 is 0 Å². The maximum atomic E-state index is 10.4. The molecule has 0 amide bonds. The summed E-state index contributed by atoms with van der Waals surface area (Å²) in [5.41, 5.74) is 1.09. The molecular weight excluding hydrogens is 328 g/mol. The quantitative estimate of drug-likeness (QED) is 0.892. The Morgan fingerprint density at radius 2 is 1.92 bits per heavy atom. The largest absolute Gasteiger partial charge is 0.393 e. The van der Waals surface area contributed by atoms with Gasteiger partial charge in [0.15, 0.2) is 0 Å². The second-order valence-corrected chi connectivity index (χ2v) is 8.35. The van der Waals surface area contributed by atoms with E-state index in [0.29, 0.717) is 12.0 Å². The molecule has 1 saturated carbocycles. The van der Waals surface area contributed by atoms with E-state index < -0.39 is 0 Å². The Labute approximate surface area is 156 Å². The molecule has 0 radical (unpaired) electrons. The van der Waals surface area contributed by atoms with Crippen molar-refractivity contribution >= 4 is 5.95 Å². The number of hydrogen-bond donors (Lipinski definition) is 1. The molecule has 3 heterocycles. The smallest absolute Gasteiger partial charge is 0.225 e. The number of aromatic nitrogens is 2. The summed E-state index contributed by atoms with van der Waals surface area (Å²) in [6, 6.07) is 2.55. The predicted molar refractivity (Wildman–Crippen MR) is 101 cm³/mol. The minimum absolute atomic E-state index is 0.117. The van der Waals surface area contributed by atoms with Gasteiger partial charge in [-0.1, -0.05) is 12.8 Å². The highest BCUT2D eigenvalue weighted by atomic mass is 16.5. The lowest BCUT2D eigenvalue weighted by atomic mass is 9.76. The van der Waals surface area contributed by atoms with Crippen molar-refractivity contribution in [3.63, 3.8) is 0 Å². The molecule has 1 N–H and O–H groups in total. The van der Waals surface area contributed by atoms with Gasteiger partial charge < -0.3 is 14.7 Å². The molecule has 1 aromatic rings. The Bertz CT molecular complexity index is 603. The standard InChI is InChI=1S/C20H32N4O2/c1-14-11-24(12-15(2)26-14)20-21-9-7-16(22-20)13-23-10-8-19(25)17-5-3-4-6-18(17)23/h7,9,14-15,17-19,25H,3-6,8,10-13H2,1-2H3. The van der Waals surface area contributed by atoms with Gasteiger partial charge in [0, 0.05) is 44.3 Å². The SMILES string of the molecule is CC1CN(c2nccc(CN3CCC(O)C4CCCCC43)n2)CC(C)O1. The Morgan fingerprint density at radius 1 is 1.15 bits per heavy atom. The van der Waals surface area contributed by atoms with Gasteiger partial charge in [-0.2, -0.15) is 0 Å². The summed E-state index contributed by atoms with van der Waals surface area (Å²) >= 11 is 0. The number of likely N-dealkylation sites (tertiary alicyclic amines) is 1. The minimum Gasteiger partial charge on any atom is -0.393 e. The highest BCUT2D eigenvalue weighted by Crippen LogP contribution is 2.36. The molecule has 2 saturated heterocycles. The van der Waals surface area contributed by atoms with Gasteiger partial charge in [0.1, 0.15) is 0 Å². The third-order valence-corrected chi connectivity index (χ3v) is 6.22. The second-order valence-electron chi connectivity index (χ2n) is 8.35. The van der Waals surface area contributed by atoms with E-state index in [4.69, 9.17) is 9.72 Å². The number of ether oxygens (including phenoxy) is 1. The number of morpholine rings is 1. The highest BCUT2D eigenvalue weighted by molar-refractivity contribution is 5.31. The Kier molecular flexibility index (Phi) is 5.43. The van der Waals surface area contributed by atoms with Crippen molar-refractivity contribution < 1.29 is 9.84 Å². The molecule has 0 bridgehead atoms. The van der Waals surface area contributed by atoms with Gasteiger partial charge in [-0.25, -0.2) is 9.97 Å². The lowest BCUT2D eigenvalue weighted by Crippen LogP contribution is -2.52. The van der Waals surface area contributed by atoms with Crippen molar-refractivity contribution in [2.75, 3.05) is 24.5 Å². The van der Waals surface area contributed by atoms with Crippen LogP contribution in [0.5, 0.6) is 0 Å². The molecule has 6 heteroatoms. The molecule has 2 aliphatic heterocycles. The van der Waals surface area contributed by atoms with Gasteiger partial charge in [0.05, 0.1) is 24.0 Å². The molecule has 144 valence electrons. The Hall–Kier alpha value is -1.24. The minimum atomic E-state index is -0.117. The van der Waals surface area contributed by atoms with Crippen LogP contribution in [0.15, 0.2) is 12.3 Å². The Morgan fingerprint density at radius 3 is 2.73 bits per heavy atom. The molecule has 1 aliphatic carbocycles. The summed E-state index contributed by atoms with van der Waals surface area (Å²) in [5.74, 6) is 1.27. The van der Waals surface area contributed by atoms with Crippen LogP contribution in [0.25, 0.3) is 0 Å². The van der Waals surface area contributed by atoms with Crippen molar-refractivity contribution in [1.29, 1.82) is 0 Å². The third kappa shape index (κ3) is 3.87. The predicted octanol–water partition coefficient (Wildman–Crippen LogP) is 2.22. The molecule has 26 heavy (non-hydrogen) atoms. The molecule has 5 atom stereocenters. The number of aliphatic hydroxyl groups excluding tert-OH is 1. The number of hydrogen-bond acceptors (Lipinski definition) is 6. The molecule has 5 unspecified atom stereocenters. The van der Waals surface area contributed by atoms with Crippen LogP contribution in [0.3, 0.4) is 0 Å². The average Bonchev–Trinajstić information content (AvgIpc) is 2.64. The van der Waals surface area contributed by atoms with Crippen LogP contribution in [0.1, 0.15) is 51.6 Å². The van der Waals surface area contributed by atoms with E-state index in [1.165, 1.54) is 25.7 Å². The summed E-state index contributed by atoms with van der Waals surface area (Å²) in [5, 5.41) is 10.4. The number of rotatable bonds is 3. The van der Waals surface area contributed by atoms with Crippen molar-refractivity contribution in [1.82, 2.24) is 14.9 Å². The average molecular weight is 361 g/mol. The fourth-order valence-corrected chi connectivity index (χ4v) is 5.09. The van der Waals surface area contributed by atoms with Crippen molar-refractivity contribution in [3.05, 3.63) is 18.0 Å². The van der Waals surface area contributed by atoms with E-state index in [9.17, 15) is 5.11 Å². The van der Waals surface area contributed by atoms with E-state index in [1.807, 2.05) is 12.3 Å².